The van der Waals surface area contributed by atoms with Gasteiger partial charge in [-0.05, 0) is 50.2 Å². The van der Waals surface area contributed by atoms with Crippen LogP contribution in [0.4, 0.5) is 0 Å². The van der Waals surface area contributed by atoms with Gasteiger partial charge in [0.05, 0.1) is 19.6 Å². The molecule has 0 heterocycles. The van der Waals surface area contributed by atoms with Crippen LogP contribution in [-0.2, 0) is 6.54 Å². The van der Waals surface area contributed by atoms with Gasteiger partial charge in [-0.25, -0.2) is 0 Å². The van der Waals surface area contributed by atoms with E-state index < -0.39 is 0 Å². The number of quaternary nitrogens is 1. The molecule has 0 amide bonds. The Balaban J connectivity index is 0.00000784. The fraction of sp³-hybridized carbons (Fsp3) is 0.704. The monoisotopic (exact) mass is 421 g/mol. The van der Waals surface area contributed by atoms with Gasteiger partial charge in [-0.2, -0.15) is 0 Å². The van der Waals surface area contributed by atoms with Gasteiger partial charge in [-0.15, -0.1) is 0 Å². The normalized spacial score (nSPS) is 11.3. The van der Waals surface area contributed by atoms with Gasteiger partial charge in [0.2, 0.25) is 0 Å². The SMILES string of the molecule is C=Cc1cccc(C[N+](CCCCCC)(CCCCCC)CCCCCC)c1.[Cl-]. The number of hydrogen-bond acceptors (Lipinski definition) is 0. The van der Waals surface area contributed by atoms with Crippen LogP contribution >= 0.6 is 0 Å². The molecule has 2 heteroatoms. The molecule has 0 aliphatic rings. The highest BCUT2D eigenvalue weighted by atomic mass is 35.5. The van der Waals surface area contributed by atoms with E-state index in [0.717, 1.165) is 0 Å². The van der Waals surface area contributed by atoms with Crippen LogP contribution in [0.1, 0.15) is 109 Å². The van der Waals surface area contributed by atoms with Crippen molar-refractivity contribution < 1.29 is 16.9 Å². The highest BCUT2D eigenvalue weighted by molar-refractivity contribution is 5.47. The first kappa shape index (κ1) is 28.2. The summed E-state index contributed by atoms with van der Waals surface area (Å²) in [6.45, 7) is 16.2. The van der Waals surface area contributed by atoms with E-state index in [0.29, 0.717) is 0 Å². The molecule has 0 unspecified atom stereocenters. The zero-order chi connectivity index (χ0) is 20.5. The fourth-order valence-electron chi connectivity index (χ4n) is 4.40. The standard InChI is InChI=1S/C27H48N.ClH/c1-5-9-12-15-21-28(22-16-13-10-6-2,23-17-14-11-7-3)25-27-20-18-19-26(8-4)24-27;/h8,18-20,24H,4-7,9-17,21-23,25H2,1-3H3;1H/q+1;/p-1. The summed E-state index contributed by atoms with van der Waals surface area (Å²) < 4.78 is 1.30. The second-order valence-electron chi connectivity index (χ2n) is 8.80. The Labute approximate surface area is 189 Å². The Kier molecular flexibility index (Phi) is 17.5. The molecule has 1 aromatic carbocycles. The zero-order valence-corrected chi connectivity index (χ0v) is 20.5. The summed E-state index contributed by atoms with van der Waals surface area (Å²) in [5.41, 5.74) is 2.76. The molecule has 0 saturated carbocycles. The second kappa shape index (κ2) is 18.0. The molecule has 0 atom stereocenters. The molecule has 1 nitrogen and oxygen atoms in total. The van der Waals surface area contributed by atoms with Crippen LogP contribution in [-0.4, -0.2) is 24.1 Å². The third-order valence-electron chi connectivity index (χ3n) is 6.16. The Bertz CT molecular complexity index is 480. The summed E-state index contributed by atoms with van der Waals surface area (Å²) in [7, 11) is 0. The molecule has 29 heavy (non-hydrogen) atoms. The summed E-state index contributed by atoms with van der Waals surface area (Å²) in [4.78, 5) is 0. The molecule has 1 aromatic rings. The summed E-state index contributed by atoms with van der Waals surface area (Å²) >= 11 is 0. The molecule has 0 aliphatic carbocycles. The van der Waals surface area contributed by atoms with Crippen molar-refractivity contribution in [2.24, 2.45) is 0 Å². The van der Waals surface area contributed by atoms with Gasteiger partial charge in [0.1, 0.15) is 6.54 Å². The number of hydrogen-bond donors (Lipinski definition) is 0. The lowest BCUT2D eigenvalue weighted by Gasteiger charge is -2.39. The summed E-state index contributed by atoms with van der Waals surface area (Å²) in [6.07, 6.45) is 18.5. The van der Waals surface area contributed by atoms with Crippen LogP contribution in [0.2, 0.25) is 0 Å². The number of halogens is 1. The van der Waals surface area contributed by atoms with Gasteiger partial charge in [0.25, 0.3) is 0 Å². The maximum Gasteiger partial charge on any atom is 0.104 e. The van der Waals surface area contributed by atoms with Gasteiger partial charge in [0.15, 0.2) is 0 Å². The Hall–Kier alpha value is -0.790. The molecular weight excluding hydrogens is 374 g/mol. The molecule has 0 aromatic heterocycles. The van der Waals surface area contributed by atoms with Gasteiger partial charge >= 0.3 is 0 Å². The minimum absolute atomic E-state index is 0. The third kappa shape index (κ3) is 12.5. The number of nitrogens with zero attached hydrogens (tertiary/aromatic N) is 1. The largest absolute Gasteiger partial charge is 1.00 e. The molecule has 0 saturated heterocycles. The van der Waals surface area contributed by atoms with Crippen LogP contribution in [0.15, 0.2) is 30.8 Å². The van der Waals surface area contributed by atoms with Crippen molar-refractivity contribution in [3.8, 4) is 0 Å². The Morgan fingerprint density at radius 3 is 1.62 bits per heavy atom. The van der Waals surface area contributed by atoms with Crippen molar-refractivity contribution in [3.63, 3.8) is 0 Å². The van der Waals surface area contributed by atoms with Crippen molar-refractivity contribution in [2.45, 2.75) is 104 Å². The van der Waals surface area contributed by atoms with E-state index in [1.165, 1.54) is 119 Å². The minimum atomic E-state index is 0. The van der Waals surface area contributed by atoms with Crippen molar-refractivity contribution in [1.82, 2.24) is 0 Å². The lowest BCUT2D eigenvalue weighted by atomic mass is 10.0. The van der Waals surface area contributed by atoms with E-state index in [1.54, 1.807) is 0 Å². The van der Waals surface area contributed by atoms with Crippen LogP contribution in [0.5, 0.6) is 0 Å². The highest BCUT2D eigenvalue weighted by Gasteiger charge is 2.26. The molecule has 0 aliphatic heterocycles. The summed E-state index contributed by atoms with van der Waals surface area (Å²) in [6, 6.07) is 9.09. The third-order valence-corrected chi connectivity index (χ3v) is 6.16. The number of rotatable bonds is 18. The predicted molar refractivity (Wildman–Crippen MR) is 128 cm³/mol. The average molecular weight is 422 g/mol. The van der Waals surface area contributed by atoms with E-state index in [1.807, 2.05) is 6.08 Å². The van der Waals surface area contributed by atoms with E-state index in [2.05, 4.69) is 51.6 Å². The molecular formula is C27H48ClN. The first-order chi connectivity index (χ1) is 13.7. The second-order valence-corrected chi connectivity index (χ2v) is 8.80. The molecule has 1 rings (SSSR count). The molecule has 168 valence electrons. The van der Waals surface area contributed by atoms with E-state index in [-0.39, 0.29) is 12.4 Å². The predicted octanol–water partition coefficient (Wildman–Crippen LogP) is 5.39. The quantitative estimate of drug-likeness (QED) is 0.220. The lowest BCUT2D eigenvalue weighted by molar-refractivity contribution is -0.941. The van der Waals surface area contributed by atoms with E-state index in [4.69, 9.17) is 0 Å². The molecule has 0 fully saturated rings. The van der Waals surface area contributed by atoms with Crippen LogP contribution < -0.4 is 12.4 Å². The first-order valence-corrected chi connectivity index (χ1v) is 12.3. The van der Waals surface area contributed by atoms with Gasteiger partial charge in [-0.1, -0.05) is 90.2 Å². The maximum atomic E-state index is 3.97. The van der Waals surface area contributed by atoms with E-state index >= 15 is 0 Å². The van der Waals surface area contributed by atoms with E-state index in [9.17, 15) is 0 Å². The fourth-order valence-corrected chi connectivity index (χ4v) is 4.40. The van der Waals surface area contributed by atoms with Crippen molar-refractivity contribution in [1.29, 1.82) is 0 Å². The minimum Gasteiger partial charge on any atom is -1.00 e. The van der Waals surface area contributed by atoms with Gasteiger partial charge in [-0.3, -0.25) is 0 Å². The molecule has 0 bridgehead atoms. The summed E-state index contributed by atoms with van der Waals surface area (Å²) in [5.74, 6) is 0. The van der Waals surface area contributed by atoms with Gasteiger partial charge in [0, 0.05) is 5.56 Å². The van der Waals surface area contributed by atoms with Crippen LogP contribution in [0.25, 0.3) is 6.08 Å². The topological polar surface area (TPSA) is 0 Å². The van der Waals surface area contributed by atoms with Crippen molar-refractivity contribution in [3.05, 3.63) is 42.0 Å². The lowest BCUT2D eigenvalue weighted by Crippen LogP contribution is -3.00. The smallest absolute Gasteiger partial charge is 0.104 e. The van der Waals surface area contributed by atoms with Gasteiger partial charge < -0.3 is 16.9 Å². The number of benzene rings is 1. The van der Waals surface area contributed by atoms with Crippen LogP contribution in [0, 0.1) is 0 Å². The van der Waals surface area contributed by atoms with Crippen molar-refractivity contribution in [2.75, 3.05) is 19.6 Å². The molecule has 0 N–H and O–H groups in total. The first-order valence-electron chi connectivity index (χ1n) is 12.3. The zero-order valence-electron chi connectivity index (χ0n) is 19.7. The van der Waals surface area contributed by atoms with Crippen LogP contribution in [0.3, 0.4) is 0 Å². The number of unbranched alkanes of at least 4 members (excludes halogenated alkanes) is 9. The summed E-state index contributed by atoms with van der Waals surface area (Å²) in [5, 5.41) is 0. The van der Waals surface area contributed by atoms with Crippen molar-refractivity contribution >= 4 is 6.08 Å². The Morgan fingerprint density at radius 2 is 1.21 bits per heavy atom. The Morgan fingerprint density at radius 1 is 0.724 bits per heavy atom. The highest BCUT2D eigenvalue weighted by Crippen LogP contribution is 2.22. The molecule has 0 spiro atoms. The molecule has 0 radical (unpaired) electrons. The average Bonchev–Trinajstić information content (AvgIpc) is 2.72. The maximum absolute atomic E-state index is 3.97.